The number of unbranched alkanes of at least 4 members (excludes halogenated alkanes) is 2. The predicted molar refractivity (Wildman–Crippen MR) is 110 cm³/mol. The van der Waals surface area contributed by atoms with Gasteiger partial charge >= 0.3 is 0 Å². The number of aryl methyl sites for hydroxylation is 1. The van der Waals surface area contributed by atoms with Crippen molar-refractivity contribution in [3.8, 4) is 0 Å². The average Bonchev–Trinajstić information content (AvgIpc) is 3.22. The molecule has 1 aromatic carbocycles. The summed E-state index contributed by atoms with van der Waals surface area (Å²) in [7, 11) is 1.91. The first-order valence-electron chi connectivity index (χ1n) is 9.91. The van der Waals surface area contributed by atoms with Gasteiger partial charge in [-0.05, 0) is 37.0 Å². The van der Waals surface area contributed by atoms with Gasteiger partial charge in [-0.15, -0.1) is 0 Å². The maximum absolute atomic E-state index is 4.72. The van der Waals surface area contributed by atoms with Crippen LogP contribution in [0.15, 0.2) is 30.5 Å². The molecule has 1 aliphatic rings. The Hall–Kier alpha value is -2.30. The molecule has 1 saturated heterocycles. The summed E-state index contributed by atoms with van der Waals surface area (Å²) in [4.78, 5) is 11.7. The number of benzene rings is 1. The van der Waals surface area contributed by atoms with Crippen LogP contribution < -0.4 is 15.5 Å². The third kappa shape index (κ3) is 4.87. The summed E-state index contributed by atoms with van der Waals surface area (Å²) in [6, 6.07) is 8.89. The highest BCUT2D eigenvalue weighted by atomic mass is 15.1. The third-order valence-corrected chi connectivity index (χ3v) is 4.98. The SMILES string of the molecule is CCCCCc1ncc(NC)c(NCc2ccc(N3CCCC3)cc2)n1. The van der Waals surface area contributed by atoms with Crippen molar-refractivity contribution >= 4 is 17.2 Å². The monoisotopic (exact) mass is 353 g/mol. The van der Waals surface area contributed by atoms with Gasteiger partial charge < -0.3 is 15.5 Å². The van der Waals surface area contributed by atoms with Crippen molar-refractivity contribution in [3.05, 3.63) is 41.9 Å². The van der Waals surface area contributed by atoms with Crippen molar-refractivity contribution < 1.29 is 0 Å². The highest BCUT2D eigenvalue weighted by Crippen LogP contribution is 2.22. The molecule has 1 fully saturated rings. The number of nitrogens with one attached hydrogen (secondary N) is 2. The lowest BCUT2D eigenvalue weighted by Gasteiger charge is -2.18. The van der Waals surface area contributed by atoms with Crippen LogP contribution in [0, 0.1) is 0 Å². The molecule has 0 unspecified atom stereocenters. The summed E-state index contributed by atoms with van der Waals surface area (Å²) < 4.78 is 0. The van der Waals surface area contributed by atoms with Gasteiger partial charge in [0.15, 0.2) is 5.82 Å². The van der Waals surface area contributed by atoms with Crippen molar-refractivity contribution in [3.63, 3.8) is 0 Å². The minimum absolute atomic E-state index is 0.764. The molecule has 0 aliphatic carbocycles. The molecule has 2 N–H and O–H groups in total. The molecule has 5 heteroatoms. The molecule has 3 rings (SSSR count). The molecule has 140 valence electrons. The molecule has 0 bridgehead atoms. The van der Waals surface area contributed by atoms with Gasteiger partial charge in [-0.1, -0.05) is 31.9 Å². The Labute approximate surface area is 157 Å². The van der Waals surface area contributed by atoms with Crippen molar-refractivity contribution in [2.45, 2.75) is 52.0 Å². The predicted octanol–water partition coefficient (Wildman–Crippen LogP) is 4.46. The summed E-state index contributed by atoms with van der Waals surface area (Å²) >= 11 is 0. The van der Waals surface area contributed by atoms with Gasteiger partial charge in [-0.25, -0.2) is 9.97 Å². The van der Waals surface area contributed by atoms with Gasteiger partial charge in [0, 0.05) is 38.8 Å². The molecule has 0 radical (unpaired) electrons. The second-order valence-corrected chi connectivity index (χ2v) is 6.97. The molecule has 1 aromatic heterocycles. The van der Waals surface area contributed by atoms with E-state index < -0.39 is 0 Å². The molecule has 26 heavy (non-hydrogen) atoms. The number of anilines is 3. The van der Waals surface area contributed by atoms with Crippen LogP contribution in [0.4, 0.5) is 17.2 Å². The Morgan fingerprint density at radius 1 is 1.08 bits per heavy atom. The molecule has 0 saturated carbocycles. The second kappa shape index (κ2) is 9.41. The summed E-state index contributed by atoms with van der Waals surface area (Å²) in [5.41, 5.74) is 3.54. The van der Waals surface area contributed by atoms with Crippen LogP contribution >= 0.6 is 0 Å². The Morgan fingerprint density at radius 3 is 2.54 bits per heavy atom. The van der Waals surface area contributed by atoms with Gasteiger partial charge in [0.1, 0.15) is 5.82 Å². The van der Waals surface area contributed by atoms with Gasteiger partial charge in [0.2, 0.25) is 0 Å². The van der Waals surface area contributed by atoms with Crippen molar-refractivity contribution in [2.24, 2.45) is 0 Å². The van der Waals surface area contributed by atoms with Gasteiger partial charge in [-0.2, -0.15) is 0 Å². The Morgan fingerprint density at radius 2 is 1.85 bits per heavy atom. The topological polar surface area (TPSA) is 53.1 Å². The van der Waals surface area contributed by atoms with Gasteiger partial charge in [-0.3, -0.25) is 0 Å². The minimum Gasteiger partial charge on any atom is -0.384 e. The molecule has 0 amide bonds. The van der Waals surface area contributed by atoms with E-state index in [-0.39, 0.29) is 0 Å². The van der Waals surface area contributed by atoms with E-state index in [1.54, 1.807) is 0 Å². The fourth-order valence-corrected chi connectivity index (χ4v) is 3.38. The fraction of sp³-hybridized carbons (Fsp3) is 0.524. The number of hydrogen-bond donors (Lipinski definition) is 2. The van der Waals surface area contributed by atoms with Gasteiger partial charge in [0.05, 0.1) is 11.9 Å². The lowest BCUT2D eigenvalue weighted by atomic mass is 10.2. The zero-order valence-electron chi connectivity index (χ0n) is 16.1. The molecule has 5 nitrogen and oxygen atoms in total. The van der Waals surface area contributed by atoms with E-state index in [2.05, 4.69) is 51.7 Å². The van der Waals surface area contributed by atoms with Crippen LogP contribution in [0.2, 0.25) is 0 Å². The standard InChI is InChI=1S/C21H31N5/c1-3-4-5-8-20-23-16-19(22-2)21(25-20)24-15-17-9-11-18(12-10-17)26-13-6-7-14-26/h9-12,16,22H,3-8,13-15H2,1-2H3,(H,23,24,25). The Kier molecular flexibility index (Phi) is 6.69. The smallest absolute Gasteiger partial charge is 0.153 e. The van der Waals surface area contributed by atoms with E-state index in [0.29, 0.717) is 0 Å². The summed E-state index contributed by atoms with van der Waals surface area (Å²) in [6.07, 6.45) is 9.03. The average molecular weight is 354 g/mol. The van der Waals surface area contributed by atoms with E-state index in [1.165, 1.54) is 50.0 Å². The number of rotatable bonds is 9. The Bertz CT molecular complexity index is 677. The van der Waals surface area contributed by atoms with E-state index in [0.717, 1.165) is 36.7 Å². The fourth-order valence-electron chi connectivity index (χ4n) is 3.38. The van der Waals surface area contributed by atoms with Crippen LogP contribution in [-0.4, -0.2) is 30.1 Å². The highest BCUT2D eigenvalue weighted by molar-refractivity contribution is 5.63. The number of aromatic nitrogens is 2. The van der Waals surface area contributed by atoms with Crippen molar-refractivity contribution in [2.75, 3.05) is 35.7 Å². The zero-order valence-corrected chi connectivity index (χ0v) is 16.1. The first-order valence-corrected chi connectivity index (χ1v) is 9.91. The van der Waals surface area contributed by atoms with E-state index in [4.69, 9.17) is 4.98 Å². The first kappa shape index (κ1) is 18.5. The third-order valence-electron chi connectivity index (χ3n) is 4.98. The van der Waals surface area contributed by atoms with Gasteiger partial charge in [0.25, 0.3) is 0 Å². The van der Waals surface area contributed by atoms with Crippen LogP contribution in [-0.2, 0) is 13.0 Å². The quantitative estimate of drug-likeness (QED) is 0.652. The molecular formula is C21H31N5. The zero-order chi connectivity index (χ0) is 18.2. The van der Waals surface area contributed by atoms with E-state index in [1.807, 2.05) is 13.2 Å². The van der Waals surface area contributed by atoms with Crippen LogP contribution in [0.3, 0.4) is 0 Å². The van der Waals surface area contributed by atoms with Crippen LogP contribution in [0.25, 0.3) is 0 Å². The maximum atomic E-state index is 4.72. The molecule has 1 aliphatic heterocycles. The highest BCUT2D eigenvalue weighted by Gasteiger charge is 2.12. The van der Waals surface area contributed by atoms with Crippen molar-refractivity contribution in [1.82, 2.24) is 9.97 Å². The summed E-state index contributed by atoms with van der Waals surface area (Å²) in [6.45, 7) is 5.35. The van der Waals surface area contributed by atoms with E-state index in [9.17, 15) is 0 Å². The van der Waals surface area contributed by atoms with Crippen LogP contribution in [0.5, 0.6) is 0 Å². The lowest BCUT2D eigenvalue weighted by Crippen LogP contribution is -2.17. The molecule has 2 aromatic rings. The number of nitrogens with zero attached hydrogens (tertiary/aromatic N) is 3. The molecule has 0 spiro atoms. The molecule has 2 heterocycles. The Balaban J connectivity index is 1.61. The lowest BCUT2D eigenvalue weighted by molar-refractivity contribution is 0.694. The van der Waals surface area contributed by atoms with Crippen LogP contribution in [0.1, 0.15) is 50.4 Å². The normalized spacial score (nSPS) is 13.8. The second-order valence-electron chi connectivity index (χ2n) is 6.97. The molecular weight excluding hydrogens is 322 g/mol. The summed E-state index contributed by atoms with van der Waals surface area (Å²) in [5.74, 6) is 1.81. The summed E-state index contributed by atoms with van der Waals surface area (Å²) in [5, 5.41) is 6.65. The maximum Gasteiger partial charge on any atom is 0.153 e. The van der Waals surface area contributed by atoms with E-state index >= 15 is 0 Å². The minimum atomic E-state index is 0.764. The molecule has 0 atom stereocenters. The largest absolute Gasteiger partial charge is 0.384 e. The van der Waals surface area contributed by atoms with Crippen molar-refractivity contribution in [1.29, 1.82) is 0 Å². The first-order chi connectivity index (χ1) is 12.8. The number of hydrogen-bond acceptors (Lipinski definition) is 5.